The standard InChI is InChI=1S/C16H23NO2/c1-2-17(15-6-4-3-5-7-15)16(18)9-8-14-10-12-19-13-11-14/h3-7,14H,2,8-13H2,1H3. The lowest BCUT2D eigenvalue weighted by atomic mass is 9.94. The molecule has 0 atom stereocenters. The summed E-state index contributed by atoms with van der Waals surface area (Å²) < 4.78 is 5.35. The summed E-state index contributed by atoms with van der Waals surface area (Å²) in [7, 11) is 0. The number of nitrogens with zero attached hydrogens (tertiary/aromatic N) is 1. The van der Waals surface area contributed by atoms with E-state index in [2.05, 4.69) is 0 Å². The molecule has 1 fully saturated rings. The van der Waals surface area contributed by atoms with Gasteiger partial charge in [-0.1, -0.05) is 18.2 Å². The second kappa shape index (κ2) is 7.29. The van der Waals surface area contributed by atoms with Gasteiger partial charge >= 0.3 is 0 Å². The van der Waals surface area contributed by atoms with E-state index >= 15 is 0 Å². The van der Waals surface area contributed by atoms with E-state index in [1.54, 1.807) is 0 Å². The van der Waals surface area contributed by atoms with Crippen molar-refractivity contribution in [2.45, 2.75) is 32.6 Å². The molecule has 3 nitrogen and oxygen atoms in total. The average molecular weight is 261 g/mol. The summed E-state index contributed by atoms with van der Waals surface area (Å²) in [5, 5.41) is 0. The SMILES string of the molecule is CCN(C(=O)CCC1CCOCC1)c1ccccc1. The number of carbonyl (C=O) groups is 1. The molecule has 19 heavy (non-hydrogen) atoms. The highest BCUT2D eigenvalue weighted by atomic mass is 16.5. The molecule has 3 heteroatoms. The van der Waals surface area contributed by atoms with Crippen molar-refractivity contribution in [3.05, 3.63) is 30.3 Å². The molecular weight excluding hydrogens is 238 g/mol. The summed E-state index contributed by atoms with van der Waals surface area (Å²) in [6, 6.07) is 9.92. The van der Waals surface area contributed by atoms with Crippen molar-refractivity contribution in [3.63, 3.8) is 0 Å². The second-order valence-corrected chi connectivity index (χ2v) is 5.07. The summed E-state index contributed by atoms with van der Waals surface area (Å²) in [6.45, 7) is 4.47. The van der Waals surface area contributed by atoms with Crippen LogP contribution in [0.5, 0.6) is 0 Å². The molecule has 0 radical (unpaired) electrons. The highest BCUT2D eigenvalue weighted by Gasteiger charge is 2.18. The molecule has 0 N–H and O–H groups in total. The van der Waals surface area contributed by atoms with Gasteiger partial charge in [-0.15, -0.1) is 0 Å². The Morgan fingerprint density at radius 1 is 1.26 bits per heavy atom. The molecule has 0 unspecified atom stereocenters. The van der Waals surface area contributed by atoms with Gasteiger partial charge in [0.1, 0.15) is 0 Å². The van der Waals surface area contributed by atoms with E-state index in [1.807, 2.05) is 42.2 Å². The zero-order valence-corrected chi connectivity index (χ0v) is 11.7. The van der Waals surface area contributed by atoms with Crippen LogP contribution in [-0.4, -0.2) is 25.7 Å². The van der Waals surface area contributed by atoms with Crippen LogP contribution in [0.25, 0.3) is 0 Å². The lowest BCUT2D eigenvalue weighted by Crippen LogP contribution is -2.31. The van der Waals surface area contributed by atoms with Crippen LogP contribution in [0.15, 0.2) is 30.3 Å². The zero-order valence-electron chi connectivity index (χ0n) is 11.7. The Balaban J connectivity index is 1.86. The first kappa shape index (κ1) is 14.1. The molecule has 1 aromatic rings. The number of benzene rings is 1. The third-order valence-electron chi connectivity index (χ3n) is 3.79. The minimum absolute atomic E-state index is 0.236. The van der Waals surface area contributed by atoms with E-state index in [0.29, 0.717) is 12.3 Å². The van der Waals surface area contributed by atoms with Crippen LogP contribution in [0.2, 0.25) is 0 Å². The highest BCUT2D eigenvalue weighted by Crippen LogP contribution is 2.22. The van der Waals surface area contributed by atoms with Gasteiger partial charge in [-0.3, -0.25) is 4.79 Å². The van der Waals surface area contributed by atoms with E-state index in [0.717, 1.165) is 44.7 Å². The number of anilines is 1. The number of ether oxygens (including phenoxy) is 1. The Kier molecular flexibility index (Phi) is 5.40. The predicted octanol–water partition coefficient (Wildman–Crippen LogP) is 3.25. The minimum Gasteiger partial charge on any atom is -0.381 e. The Labute approximate surface area is 115 Å². The lowest BCUT2D eigenvalue weighted by Gasteiger charge is -2.24. The molecule has 0 spiro atoms. The van der Waals surface area contributed by atoms with Gasteiger partial charge in [0.2, 0.25) is 5.91 Å². The van der Waals surface area contributed by atoms with Crippen molar-refractivity contribution in [2.75, 3.05) is 24.7 Å². The summed E-state index contributed by atoms with van der Waals surface area (Å²) >= 11 is 0. The van der Waals surface area contributed by atoms with Crippen molar-refractivity contribution < 1.29 is 9.53 Å². The molecule has 2 rings (SSSR count). The fourth-order valence-electron chi connectivity index (χ4n) is 2.61. The lowest BCUT2D eigenvalue weighted by molar-refractivity contribution is -0.119. The van der Waals surface area contributed by atoms with Crippen LogP contribution in [-0.2, 0) is 9.53 Å². The molecule has 1 heterocycles. The first-order valence-electron chi connectivity index (χ1n) is 7.24. The number of carbonyl (C=O) groups excluding carboxylic acids is 1. The van der Waals surface area contributed by atoms with Crippen molar-refractivity contribution in [1.82, 2.24) is 0 Å². The molecule has 0 aromatic heterocycles. The van der Waals surface area contributed by atoms with Gasteiger partial charge in [-0.05, 0) is 44.2 Å². The van der Waals surface area contributed by atoms with E-state index in [4.69, 9.17) is 4.74 Å². The molecule has 1 amide bonds. The number of para-hydroxylation sites is 1. The average Bonchev–Trinajstić information content (AvgIpc) is 2.48. The molecule has 1 aliphatic heterocycles. The van der Waals surface area contributed by atoms with Gasteiger partial charge in [-0.2, -0.15) is 0 Å². The minimum atomic E-state index is 0.236. The quantitative estimate of drug-likeness (QED) is 0.814. The highest BCUT2D eigenvalue weighted by molar-refractivity contribution is 5.93. The van der Waals surface area contributed by atoms with Crippen molar-refractivity contribution in [2.24, 2.45) is 5.92 Å². The second-order valence-electron chi connectivity index (χ2n) is 5.07. The molecule has 0 saturated carbocycles. The molecule has 104 valence electrons. The van der Waals surface area contributed by atoms with Gasteiger partial charge in [0.25, 0.3) is 0 Å². The molecule has 0 bridgehead atoms. The van der Waals surface area contributed by atoms with Crippen LogP contribution < -0.4 is 4.90 Å². The van der Waals surface area contributed by atoms with E-state index < -0.39 is 0 Å². The Morgan fingerprint density at radius 3 is 2.58 bits per heavy atom. The van der Waals surface area contributed by atoms with Gasteiger partial charge in [-0.25, -0.2) is 0 Å². The van der Waals surface area contributed by atoms with Crippen molar-refractivity contribution in [3.8, 4) is 0 Å². The predicted molar refractivity (Wildman–Crippen MR) is 77.2 cm³/mol. The maximum Gasteiger partial charge on any atom is 0.226 e. The van der Waals surface area contributed by atoms with Gasteiger partial charge < -0.3 is 9.64 Å². The molecule has 1 saturated heterocycles. The molecular formula is C16H23NO2. The summed E-state index contributed by atoms with van der Waals surface area (Å²) in [4.78, 5) is 14.2. The van der Waals surface area contributed by atoms with E-state index in [-0.39, 0.29) is 5.91 Å². The maximum absolute atomic E-state index is 12.3. The van der Waals surface area contributed by atoms with Crippen molar-refractivity contribution >= 4 is 11.6 Å². The normalized spacial score (nSPS) is 16.3. The van der Waals surface area contributed by atoms with Gasteiger partial charge in [0.05, 0.1) is 0 Å². The van der Waals surface area contributed by atoms with Crippen LogP contribution in [0.3, 0.4) is 0 Å². The third-order valence-corrected chi connectivity index (χ3v) is 3.79. The van der Waals surface area contributed by atoms with Crippen LogP contribution in [0.1, 0.15) is 32.6 Å². The topological polar surface area (TPSA) is 29.5 Å². The largest absolute Gasteiger partial charge is 0.381 e. The first-order chi connectivity index (χ1) is 9.31. The number of hydrogen-bond donors (Lipinski definition) is 0. The Bertz CT molecular complexity index is 385. The maximum atomic E-state index is 12.3. The summed E-state index contributed by atoms with van der Waals surface area (Å²) in [6.07, 6.45) is 3.84. The Hall–Kier alpha value is -1.35. The first-order valence-corrected chi connectivity index (χ1v) is 7.24. The summed E-state index contributed by atoms with van der Waals surface area (Å²) in [5.41, 5.74) is 1.00. The number of hydrogen-bond acceptors (Lipinski definition) is 2. The van der Waals surface area contributed by atoms with Gasteiger partial charge in [0.15, 0.2) is 0 Å². The molecule has 0 aliphatic carbocycles. The van der Waals surface area contributed by atoms with E-state index in [9.17, 15) is 4.79 Å². The third kappa shape index (κ3) is 4.06. The van der Waals surface area contributed by atoms with Gasteiger partial charge in [0, 0.05) is 31.9 Å². The summed E-state index contributed by atoms with van der Waals surface area (Å²) in [5.74, 6) is 0.896. The number of rotatable bonds is 5. The monoisotopic (exact) mass is 261 g/mol. The van der Waals surface area contributed by atoms with Crippen LogP contribution >= 0.6 is 0 Å². The van der Waals surface area contributed by atoms with Crippen molar-refractivity contribution in [1.29, 1.82) is 0 Å². The molecule has 1 aromatic carbocycles. The van der Waals surface area contributed by atoms with Crippen LogP contribution in [0.4, 0.5) is 5.69 Å². The zero-order chi connectivity index (χ0) is 13.5. The van der Waals surface area contributed by atoms with Crippen LogP contribution in [0, 0.1) is 5.92 Å². The number of amides is 1. The van der Waals surface area contributed by atoms with E-state index in [1.165, 1.54) is 0 Å². The smallest absolute Gasteiger partial charge is 0.226 e. The molecule has 1 aliphatic rings. The fraction of sp³-hybridized carbons (Fsp3) is 0.562. The fourth-order valence-corrected chi connectivity index (χ4v) is 2.61. The Morgan fingerprint density at radius 2 is 1.95 bits per heavy atom.